The summed E-state index contributed by atoms with van der Waals surface area (Å²) in [5.41, 5.74) is 2.65. The summed E-state index contributed by atoms with van der Waals surface area (Å²) in [5, 5.41) is 4.16. The lowest BCUT2D eigenvalue weighted by Crippen LogP contribution is -2.39. The molecule has 2 aromatic carbocycles. The zero-order valence-electron chi connectivity index (χ0n) is 12.2. The standard InChI is InChI=1S/C18H20FNS/c1-2-20-16(11-13-7-9-15(19)10-8-13)18-12-14-5-3-4-6-17(14)21-18/h3-10,16,18,20H,2,11-12H2,1H3. The lowest BCUT2D eigenvalue weighted by Gasteiger charge is -2.24. The molecule has 0 spiro atoms. The molecule has 110 valence electrons. The molecule has 1 aliphatic rings. The van der Waals surface area contributed by atoms with Crippen LogP contribution in [0.5, 0.6) is 0 Å². The molecule has 3 rings (SSSR count). The molecule has 2 unspecified atom stereocenters. The summed E-state index contributed by atoms with van der Waals surface area (Å²) in [5.74, 6) is -0.165. The Morgan fingerprint density at radius 1 is 1.19 bits per heavy atom. The molecule has 1 nitrogen and oxygen atoms in total. The molecule has 3 heteroatoms. The molecule has 0 saturated carbocycles. The van der Waals surface area contributed by atoms with Gasteiger partial charge in [-0.1, -0.05) is 37.3 Å². The summed E-state index contributed by atoms with van der Waals surface area (Å²) in [6, 6.07) is 16.0. The fourth-order valence-corrected chi connectivity index (χ4v) is 4.31. The lowest BCUT2D eigenvalue weighted by molar-refractivity contribution is 0.505. The van der Waals surface area contributed by atoms with Crippen LogP contribution < -0.4 is 5.32 Å². The maximum absolute atomic E-state index is 13.0. The zero-order chi connectivity index (χ0) is 14.7. The Morgan fingerprint density at radius 3 is 2.67 bits per heavy atom. The first kappa shape index (κ1) is 14.6. The number of hydrogen-bond donors (Lipinski definition) is 1. The third-order valence-electron chi connectivity index (χ3n) is 3.96. The van der Waals surface area contributed by atoms with Crippen molar-refractivity contribution in [1.82, 2.24) is 5.32 Å². The van der Waals surface area contributed by atoms with Gasteiger partial charge in [-0.05, 0) is 48.7 Å². The Bertz CT molecular complexity index is 571. The van der Waals surface area contributed by atoms with Crippen molar-refractivity contribution in [2.75, 3.05) is 6.54 Å². The second-order valence-electron chi connectivity index (χ2n) is 5.46. The van der Waals surface area contributed by atoms with Crippen LogP contribution >= 0.6 is 11.8 Å². The van der Waals surface area contributed by atoms with Crippen LogP contribution in [-0.2, 0) is 12.8 Å². The molecular weight excluding hydrogens is 281 g/mol. The molecular formula is C18H20FNS. The minimum absolute atomic E-state index is 0.165. The smallest absolute Gasteiger partial charge is 0.123 e. The van der Waals surface area contributed by atoms with Crippen molar-refractivity contribution in [2.45, 2.75) is 36.0 Å². The van der Waals surface area contributed by atoms with Crippen molar-refractivity contribution in [2.24, 2.45) is 0 Å². The highest BCUT2D eigenvalue weighted by Gasteiger charge is 2.28. The van der Waals surface area contributed by atoms with Gasteiger partial charge in [0, 0.05) is 16.2 Å². The Morgan fingerprint density at radius 2 is 1.95 bits per heavy atom. The second kappa shape index (κ2) is 6.63. The maximum Gasteiger partial charge on any atom is 0.123 e. The Kier molecular flexibility index (Phi) is 4.61. The minimum atomic E-state index is -0.165. The highest BCUT2D eigenvalue weighted by molar-refractivity contribution is 8.00. The molecule has 0 amide bonds. The molecule has 1 aliphatic heterocycles. The number of benzene rings is 2. The molecule has 0 radical (unpaired) electrons. The SMILES string of the molecule is CCNC(Cc1ccc(F)cc1)C1Cc2ccccc2S1. The third kappa shape index (κ3) is 3.47. The van der Waals surface area contributed by atoms with Gasteiger partial charge in [-0.3, -0.25) is 0 Å². The van der Waals surface area contributed by atoms with Gasteiger partial charge in [-0.25, -0.2) is 4.39 Å². The van der Waals surface area contributed by atoms with E-state index in [4.69, 9.17) is 0 Å². The topological polar surface area (TPSA) is 12.0 Å². The Labute approximate surface area is 130 Å². The number of fused-ring (bicyclic) bond motifs is 1. The van der Waals surface area contributed by atoms with Crippen LogP contribution in [0, 0.1) is 5.82 Å². The quantitative estimate of drug-likeness (QED) is 0.893. The highest BCUT2D eigenvalue weighted by atomic mass is 32.2. The van der Waals surface area contributed by atoms with Crippen molar-refractivity contribution >= 4 is 11.8 Å². The van der Waals surface area contributed by atoms with Gasteiger partial charge < -0.3 is 5.32 Å². The number of halogens is 1. The van der Waals surface area contributed by atoms with E-state index in [1.807, 2.05) is 23.9 Å². The summed E-state index contributed by atoms with van der Waals surface area (Å²) in [6.07, 6.45) is 2.06. The summed E-state index contributed by atoms with van der Waals surface area (Å²) in [7, 11) is 0. The predicted octanol–water partition coefficient (Wildman–Crippen LogP) is 4.06. The molecule has 2 aromatic rings. The van der Waals surface area contributed by atoms with Gasteiger partial charge >= 0.3 is 0 Å². The zero-order valence-corrected chi connectivity index (χ0v) is 13.0. The molecule has 0 saturated heterocycles. The largest absolute Gasteiger partial charge is 0.313 e. The van der Waals surface area contributed by atoms with Crippen LogP contribution in [-0.4, -0.2) is 17.8 Å². The first-order valence-electron chi connectivity index (χ1n) is 7.48. The van der Waals surface area contributed by atoms with Crippen molar-refractivity contribution in [3.63, 3.8) is 0 Å². The van der Waals surface area contributed by atoms with Gasteiger partial charge in [0.2, 0.25) is 0 Å². The van der Waals surface area contributed by atoms with E-state index in [9.17, 15) is 4.39 Å². The molecule has 0 bridgehead atoms. The Hall–Kier alpha value is -1.32. The highest BCUT2D eigenvalue weighted by Crippen LogP contribution is 2.38. The lowest BCUT2D eigenvalue weighted by atomic mass is 9.99. The fourth-order valence-electron chi connectivity index (χ4n) is 2.90. The molecule has 0 aliphatic carbocycles. The summed E-state index contributed by atoms with van der Waals surface area (Å²) >= 11 is 1.97. The molecule has 21 heavy (non-hydrogen) atoms. The summed E-state index contributed by atoms with van der Waals surface area (Å²) < 4.78 is 13.0. The van der Waals surface area contributed by atoms with E-state index >= 15 is 0 Å². The second-order valence-corrected chi connectivity index (χ2v) is 6.74. The van der Waals surface area contributed by atoms with Gasteiger partial charge in [0.25, 0.3) is 0 Å². The molecule has 1 N–H and O–H groups in total. The van der Waals surface area contributed by atoms with Gasteiger partial charge in [0.05, 0.1) is 0 Å². The van der Waals surface area contributed by atoms with Crippen LogP contribution in [0.15, 0.2) is 53.4 Å². The van der Waals surface area contributed by atoms with E-state index in [1.165, 1.54) is 16.0 Å². The summed E-state index contributed by atoms with van der Waals surface area (Å²) in [4.78, 5) is 1.41. The number of nitrogens with one attached hydrogen (secondary N) is 1. The third-order valence-corrected chi connectivity index (χ3v) is 5.41. The van der Waals surface area contributed by atoms with Crippen molar-refractivity contribution in [1.29, 1.82) is 0 Å². The molecule has 0 fully saturated rings. The minimum Gasteiger partial charge on any atom is -0.313 e. The van der Waals surface area contributed by atoms with Gasteiger partial charge in [0.1, 0.15) is 5.82 Å². The van der Waals surface area contributed by atoms with Gasteiger partial charge in [-0.2, -0.15) is 0 Å². The van der Waals surface area contributed by atoms with E-state index in [-0.39, 0.29) is 5.82 Å². The molecule has 0 aromatic heterocycles. The van der Waals surface area contributed by atoms with Crippen molar-refractivity contribution in [3.05, 3.63) is 65.5 Å². The number of thioether (sulfide) groups is 1. The molecule has 1 heterocycles. The first-order chi connectivity index (χ1) is 10.3. The number of likely N-dealkylation sites (N-methyl/N-ethyl adjacent to an activating group) is 1. The predicted molar refractivity (Wildman–Crippen MR) is 87.4 cm³/mol. The fraction of sp³-hybridized carbons (Fsp3) is 0.333. The van der Waals surface area contributed by atoms with E-state index in [0.717, 1.165) is 19.4 Å². The van der Waals surface area contributed by atoms with Crippen LogP contribution in [0.4, 0.5) is 4.39 Å². The molecule has 2 atom stereocenters. The van der Waals surface area contributed by atoms with Crippen molar-refractivity contribution < 1.29 is 4.39 Å². The van der Waals surface area contributed by atoms with Crippen LogP contribution in [0.3, 0.4) is 0 Å². The first-order valence-corrected chi connectivity index (χ1v) is 8.36. The Balaban J connectivity index is 1.72. The van der Waals surface area contributed by atoms with Crippen LogP contribution in [0.1, 0.15) is 18.1 Å². The van der Waals surface area contributed by atoms with E-state index in [1.54, 1.807) is 12.1 Å². The average Bonchev–Trinajstić information content (AvgIpc) is 2.93. The number of rotatable bonds is 5. The van der Waals surface area contributed by atoms with Gasteiger partial charge in [0.15, 0.2) is 0 Å². The monoisotopic (exact) mass is 301 g/mol. The van der Waals surface area contributed by atoms with Crippen LogP contribution in [0.25, 0.3) is 0 Å². The van der Waals surface area contributed by atoms with E-state index in [0.29, 0.717) is 11.3 Å². The summed E-state index contributed by atoms with van der Waals surface area (Å²) in [6.45, 7) is 3.10. The maximum atomic E-state index is 13.0. The normalized spacial score (nSPS) is 18.5. The average molecular weight is 301 g/mol. The van der Waals surface area contributed by atoms with E-state index < -0.39 is 0 Å². The van der Waals surface area contributed by atoms with Gasteiger partial charge in [-0.15, -0.1) is 11.8 Å². The van der Waals surface area contributed by atoms with Crippen LogP contribution in [0.2, 0.25) is 0 Å². The van der Waals surface area contributed by atoms with E-state index in [2.05, 4.69) is 36.5 Å². The number of hydrogen-bond acceptors (Lipinski definition) is 2. The van der Waals surface area contributed by atoms with Crippen molar-refractivity contribution in [3.8, 4) is 0 Å².